The van der Waals surface area contributed by atoms with Crippen LogP contribution in [0.15, 0.2) is 53.5 Å². The van der Waals surface area contributed by atoms with Gasteiger partial charge in [-0.1, -0.05) is 43.3 Å². The van der Waals surface area contributed by atoms with Gasteiger partial charge in [-0.05, 0) is 41.7 Å². The molecule has 0 aromatic heterocycles. The van der Waals surface area contributed by atoms with Crippen LogP contribution >= 0.6 is 24.0 Å². The Labute approximate surface area is 178 Å². The summed E-state index contributed by atoms with van der Waals surface area (Å²) < 4.78 is 0. The van der Waals surface area contributed by atoms with Crippen molar-refractivity contribution in [2.24, 2.45) is 10.7 Å². The lowest BCUT2D eigenvalue weighted by Gasteiger charge is -2.30. The third-order valence-corrected chi connectivity index (χ3v) is 4.79. The molecule has 146 valence electrons. The lowest BCUT2D eigenvalue weighted by molar-refractivity contribution is 0.112. The average Bonchev–Trinajstić information content (AvgIpc) is 2.67. The van der Waals surface area contributed by atoms with Crippen LogP contribution in [0.4, 0.5) is 5.69 Å². The first-order chi connectivity index (χ1) is 12.6. The first-order valence-corrected chi connectivity index (χ1v) is 9.27. The molecule has 2 aromatic carbocycles. The van der Waals surface area contributed by atoms with Gasteiger partial charge in [0.2, 0.25) is 0 Å². The minimum Gasteiger partial charge on any atom is -0.390 e. The van der Waals surface area contributed by atoms with E-state index in [0.717, 1.165) is 31.6 Å². The van der Waals surface area contributed by atoms with Gasteiger partial charge in [0.15, 0.2) is 5.96 Å². The molecule has 1 unspecified atom stereocenters. The van der Waals surface area contributed by atoms with E-state index < -0.39 is 6.10 Å². The summed E-state index contributed by atoms with van der Waals surface area (Å²) in [4.78, 5) is 6.55. The number of aryl methyl sites for hydroxylation is 1. The number of anilines is 1. The Morgan fingerprint density at radius 2 is 1.89 bits per heavy atom. The SMILES string of the molecule is CCc1ccc(NC(N)=NCC(O)CN2CCc3ccccc3C2)cc1.I. The standard InChI is InChI=1S/C21H28N4O.HI/c1-2-16-7-9-19(10-8-16)24-21(22)23-13-20(26)15-25-12-11-17-5-3-4-6-18(17)14-25;/h3-10,20,26H,2,11-15H2,1H3,(H3,22,23,24);1H. The molecule has 0 saturated carbocycles. The lowest BCUT2D eigenvalue weighted by Crippen LogP contribution is -2.38. The number of nitrogens with two attached hydrogens (primary N) is 1. The molecule has 0 bridgehead atoms. The number of aliphatic imine (C=N–C) groups is 1. The maximum Gasteiger partial charge on any atom is 0.193 e. The van der Waals surface area contributed by atoms with Crippen molar-refractivity contribution in [3.63, 3.8) is 0 Å². The van der Waals surface area contributed by atoms with Gasteiger partial charge >= 0.3 is 0 Å². The van der Waals surface area contributed by atoms with E-state index in [-0.39, 0.29) is 24.0 Å². The first kappa shape index (κ1) is 21.7. The highest BCUT2D eigenvalue weighted by atomic mass is 127. The number of rotatable bonds is 6. The van der Waals surface area contributed by atoms with E-state index in [0.29, 0.717) is 19.0 Å². The number of hydrogen-bond donors (Lipinski definition) is 3. The molecule has 5 nitrogen and oxygen atoms in total. The number of hydrogen-bond acceptors (Lipinski definition) is 3. The Bertz CT molecular complexity index is 748. The van der Waals surface area contributed by atoms with Gasteiger partial charge in [0.25, 0.3) is 0 Å². The molecule has 1 atom stereocenters. The Kier molecular flexibility index (Phi) is 8.53. The monoisotopic (exact) mass is 480 g/mol. The molecule has 1 aliphatic rings. The molecular formula is C21H29IN4O. The van der Waals surface area contributed by atoms with Crippen LogP contribution in [0.2, 0.25) is 0 Å². The summed E-state index contributed by atoms with van der Waals surface area (Å²) in [7, 11) is 0. The van der Waals surface area contributed by atoms with E-state index in [1.54, 1.807) is 0 Å². The molecule has 1 aliphatic heterocycles. The number of guanidine groups is 1. The number of nitrogens with one attached hydrogen (secondary N) is 1. The summed E-state index contributed by atoms with van der Waals surface area (Å²) in [6, 6.07) is 16.6. The van der Waals surface area contributed by atoms with E-state index in [2.05, 4.69) is 58.5 Å². The zero-order valence-electron chi connectivity index (χ0n) is 15.8. The maximum atomic E-state index is 10.3. The van der Waals surface area contributed by atoms with Crippen molar-refractivity contribution in [2.45, 2.75) is 32.4 Å². The predicted octanol–water partition coefficient (Wildman–Crippen LogP) is 3.01. The lowest BCUT2D eigenvalue weighted by atomic mass is 10.00. The molecule has 2 aromatic rings. The molecule has 4 N–H and O–H groups in total. The summed E-state index contributed by atoms with van der Waals surface area (Å²) in [6.07, 6.45) is 1.52. The van der Waals surface area contributed by atoms with Crippen molar-refractivity contribution in [2.75, 3.05) is 25.0 Å². The summed E-state index contributed by atoms with van der Waals surface area (Å²) in [5.41, 5.74) is 10.9. The number of aliphatic hydroxyl groups excluding tert-OH is 1. The van der Waals surface area contributed by atoms with Crippen LogP contribution in [0.25, 0.3) is 0 Å². The van der Waals surface area contributed by atoms with Gasteiger partial charge in [-0.2, -0.15) is 0 Å². The molecule has 0 radical (unpaired) electrons. The number of benzene rings is 2. The van der Waals surface area contributed by atoms with Gasteiger partial charge in [-0.3, -0.25) is 9.89 Å². The molecule has 0 saturated heterocycles. The number of halogens is 1. The fraction of sp³-hybridized carbons (Fsp3) is 0.381. The largest absolute Gasteiger partial charge is 0.390 e. The predicted molar refractivity (Wildman–Crippen MR) is 123 cm³/mol. The molecule has 0 amide bonds. The van der Waals surface area contributed by atoms with Gasteiger partial charge in [0.1, 0.15) is 0 Å². The number of β-amino-alcohol motifs (C(OH)–C–C–N with tert-alkyl or cyclic N) is 1. The smallest absolute Gasteiger partial charge is 0.193 e. The van der Waals surface area contributed by atoms with E-state index in [9.17, 15) is 5.11 Å². The first-order valence-electron chi connectivity index (χ1n) is 9.27. The van der Waals surface area contributed by atoms with Crippen molar-refractivity contribution in [3.05, 3.63) is 65.2 Å². The van der Waals surface area contributed by atoms with Gasteiger partial charge in [0, 0.05) is 25.3 Å². The second kappa shape index (κ2) is 10.6. The van der Waals surface area contributed by atoms with Crippen molar-refractivity contribution in [1.29, 1.82) is 0 Å². The summed E-state index contributed by atoms with van der Waals surface area (Å²) in [6.45, 7) is 4.88. The van der Waals surface area contributed by atoms with Crippen molar-refractivity contribution in [3.8, 4) is 0 Å². The van der Waals surface area contributed by atoms with Crippen LogP contribution in [0.5, 0.6) is 0 Å². The van der Waals surface area contributed by atoms with Crippen molar-refractivity contribution in [1.82, 2.24) is 4.90 Å². The van der Waals surface area contributed by atoms with E-state index in [1.165, 1.54) is 16.7 Å². The maximum absolute atomic E-state index is 10.3. The summed E-state index contributed by atoms with van der Waals surface area (Å²) in [5.74, 6) is 0.331. The Balaban J connectivity index is 0.00000261. The van der Waals surface area contributed by atoms with E-state index >= 15 is 0 Å². The summed E-state index contributed by atoms with van der Waals surface area (Å²) >= 11 is 0. The second-order valence-corrected chi connectivity index (χ2v) is 6.81. The molecule has 3 rings (SSSR count). The van der Waals surface area contributed by atoms with E-state index in [1.807, 2.05) is 12.1 Å². The van der Waals surface area contributed by atoms with E-state index in [4.69, 9.17) is 5.73 Å². The average molecular weight is 480 g/mol. The molecular weight excluding hydrogens is 451 g/mol. The van der Waals surface area contributed by atoms with Crippen LogP contribution in [-0.4, -0.2) is 41.7 Å². The van der Waals surface area contributed by atoms with Crippen LogP contribution < -0.4 is 11.1 Å². The Hall–Kier alpha value is -1.64. The molecule has 0 fully saturated rings. The highest BCUT2D eigenvalue weighted by Gasteiger charge is 2.18. The van der Waals surface area contributed by atoms with Crippen LogP contribution in [0.3, 0.4) is 0 Å². The topological polar surface area (TPSA) is 73.9 Å². The zero-order chi connectivity index (χ0) is 18.4. The zero-order valence-corrected chi connectivity index (χ0v) is 18.1. The number of aliphatic hydroxyl groups is 1. The van der Waals surface area contributed by atoms with Crippen molar-refractivity contribution >= 4 is 35.6 Å². The molecule has 1 heterocycles. The normalized spacial score (nSPS) is 15.6. The summed E-state index contributed by atoms with van der Waals surface area (Å²) in [5, 5.41) is 13.4. The third kappa shape index (κ3) is 6.48. The molecule has 0 aliphatic carbocycles. The van der Waals surface area contributed by atoms with Crippen molar-refractivity contribution < 1.29 is 5.11 Å². The number of fused-ring (bicyclic) bond motifs is 1. The molecule has 6 heteroatoms. The highest BCUT2D eigenvalue weighted by molar-refractivity contribution is 14.0. The van der Waals surface area contributed by atoms with Gasteiger partial charge in [-0.25, -0.2) is 0 Å². The molecule has 0 spiro atoms. The van der Waals surface area contributed by atoms with Gasteiger partial charge < -0.3 is 16.2 Å². The third-order valence-electron chi connectivity index (χ3n) is 4.79. The minimum atomic E-state index is -0.525. The minimum absolute atomic E-state index is 0. The number of nitrogens with zero attached hydrogens (tertiary/aromatic N) is 2. The fourth-order valence-electron chi connectivity index (χ4n) is 3.28. The van der Waals surface area contributed by atoms with Crippen LogP contribution in [-0.2, 0) is 19.4 Å². The van der Waals surface area contributed by atoms with Gasteiger partial charge in [0.05, 0.1) is 12.6 Å². The van der Waals surface area contributed by atoms with Crippen LogP contribution in [0, 0.1) is 0 Å². The molecule has 27 heavy (non-hydrogen) atoms. The Morgan fingerprint density at radius 1 is 1.19 bits per heavy atom. The Morgan fingerprint density at radius 3 is 2.59 bits per heavy atom. The van der Waals surface area contributed by atoms with Gasteiger partial charge in [-0.15, -0.1) is 24.0 Å². The highest BCUT2D eigenvalue weighted by Crippen LogP contribution is 2.18. The fourth-order valence-corrected chi connectivity index (χ4v) is 3.28. The van der Waals surface area contributed by atoms with Crippen LogP contribution in [0.1, 0.15) is 23.6 Å². The second-order valence-electron chi connectivity index (χ2n) is 6.81. The quantitative estimate of drug-likeness (QED) is 0.338.